The quantitative estimate of drug-likeness (QED) is 0.677. The standard InChI is InChI=1S/C9H17NO2S/c1-7-9(8-3-4-8)10-5-2-6-13(7,11)12/h7-10H,2-6H2,1H3. The van der Waals surface area contributed by atoms with Gasteiger partial charge in [0, 0.05) is 6.04 Å². The van der Waals surface area contributed by atoms with Gasteiger partial charge in [0.2, 0.25) is 0 Å². The molecule has 4 heteroatoms. The summed E-state index contributed by atoms with van der Waals surface area (Å²) in [5.41, 5.74) is 0. The van der Waals surface area contributed by atoms with E-state index in [1.807, 2.05) is 6.92 Å². The first-order valence-electron chi connectivity index (χ1n) is 5.06. The van der Waals surface area contributed by atoms with Crippen LogP contribution in [-0.2, 0) is 9.84 Å². The lowest BCUT2D eigenvalue weighted by atomic mass is 10.1. The van der Waals surface area contributed by atoms with Crippen LogP contribution in [0.2, 0.25) is 0 Å². The van der Waals surface area contributed by atoms with Crippen molar-refractivity contribution < 1.29 is 8.42 Å². The molecule has 2 atom stereocenters. The van der Waals surface area contributed by atoms with Gasteiger partial charge in [0.1, 0.15) is 0 Å². The Morgan fingerprint density at radius 1 is 1.31 bits per heavy atom. The van der Waals surface area contributed by atoms with Crippen molar-refractivity contribution in [2.24, 2.45) is 5.92 Å². The second-order valence-corrected chi connectivity index (χ2v) is 6.72. The second-order valence-electron chi connectivity index (χ2n) is 4.24. The van der Waals surface area contributed by atoms with Crippen molar-refractivity contribution in [3.8, 4) is 0 Å². The molecule has 76 valence electrons. The summed E-state index contributed by atoms with van der Waals surface area (Å²) in [4.78, 5) is 0. The van der Waals surface area contributed by atoms with Crippen LogP contribution in [0, 0.1) is 5.92 Å². The lowest BCUT2D eigenvalue weighted by molar-refractivity contribution is 0.457. The summed E-state index contributed by atoms with van der Waals surface area (Å²) in [5.74, 6) is 0.993. The number of hydrogen-bond donors (Lipinski definition) is 1. The number of hydrogen-bond acceptors (Lipinski definition) is 3. The SMILES string of the molecule is CC1C(C2CC2)NCCCS1(=O)=O. The van der Waals surface area contributed by atoms with Gasteiger partial charge in [-0.25, -0.2) is 8.42 Å². The Balaban J connectivity index is 2.17. The van der Waals surface area contributed by atoms with Gasteiger partial charge >= 0.3 is 0 Å². The zero-order valence-corrected chi connectivity index (χ0v) is 8.81. The predicted octanol–water partition coefficient (Wildman–Crippen LogP) is 0.562. The molecular weight excluding hydrogens is 186 g/mol. The van der Waals surface area contributed by atoms with Gasteiger partial charge in [-0.1, -0.05) is 0 Å². The molecule has 0 spiro atoms. The third-order valence-corrected chi connectivity index (χ3v) is 5.47. The Bertz CT molecular complexity index is 282. The Kier molecular flexibility index (Phi) is 2.36. The van der Waals surface area contributed by atoms with Gasteiger partial charge in [-0.3, -0.25) is 0 Å². The Hall–Kier alpha value is -0.0900. The van der Waals surface area contributed by atoms with Crippen LogP contribution in [0.5, 0.6) is 0 Å². The normalized spacial score (nSPS) is 39.8. The average Bonchev–Trinajstić information content (AvgIpc) is 2.85. The first-order chi connectivity index (χ1) is 6.11. The van der Waals surface area contributed by atoms with E-state index in [0.29, 0.717) is 11.7 Å². The first kappa shape index (κ1) is 9.46. The Labute approximate surface area is 79.8 Å². The Morgan fingerprint density at radius 3 is 2.62 bits per heavy atom. The van der Waals surface area contributed by atoms with E-state index in [2.05, 4.69) is 5.32 Å². The molecule has 13 heavy (non-hydrogen) atoms. The van der Waals surface area contributed by atoms with E-state index in [1.165, 1.54) is 12.8 Å². The maximum atomic E-state index is 11.7. The lowest BCUT2D eigenvalue weighted by Gasteiger charge is -2.21. The highest BCUT2D eigenvalue weighted by atomic mass is 32.2. The van der Waals surface area contributed by atoms with Crippen LogP contribution >= 0.6 is 0 Å². The van der Waals surface area contributed by atoms with Gasteiger partial charge in [-0.2, -0.15) is 0 Å². The molecule has 0 radical (unpaired) electrons. The summed E-state index contributed by atoms with van der Waals surface area (Å²) >= 11 is 0. The van der Waals surface area contributed by atoms with Crippen LogP contribution < -0.4 is 5.32 Å². The highest BCUT2D eigenvalue weighted by Crippen LogP contribution is 2.36. The second kappa shape index (κ2) is 3.24. The lowest BCUT2D eigenvalue weighted by Crippen LogP contribution is -2.42. The van der Waals surface area contributed by atoms with Gasteiger partial charge in [-0.05, 0) is 38.6 Å². The fraction of sp³-hybridized carbons (Fsp3) is 1.00. The summed E-state index contributed by atoms with van der Waals surface area (Å²) < 4.78 is 23.4. The molecule has 0 bridgehead atoms. The largest absolute Gasteiger partial charge is 0.312 e. The molecule has 1 heterocycles. The van der Waals surface area contributed by atoms with Crippen molar-refractivity contribution in [1.29, 1.82) is 0 Å². The van der Waals surface area contributed by atoms with Crippen LogP contribution in [0.3, 0.4) is 0 Å². The highest BCUT2D eigenvalue weighted by molar-refractivity contribution is 7.92. The maximum Gasteiger partial charge on any atom is 0.154 e. The fourth-order valence-corrected chi connectivity index (χ4v) is 3.81. The molecule has 3 nitrogen and oxygen atoms in total. The average molecular weight is 203 g/mol. The van der Waals surface area contributed by atoms with E-state index in [9.17, 15) is 8.42 Å². The van der Waals surface area contributed by atoms with Crippen LogP contribution in [0.4, 0.5) is 0 Å². The highest BCUT2D eigenvalue weighted by Gasteiger charge is 2.40. The summed E-state index contributed by atoms with van der Waals surface area (Å²) in [6.45, 7) is 2.72. The van der Waals surface area contributed by atoms with E-state index in [1.54, 1.807) is 0 Å². The molecule has 1 aliphatic heterocycles. The van der Waals surface area contributed by atoms with Gasteiger partial charge in [0.05, 0.1) is 11.0 Å². The third kappa shape index (κ3) is 1.89. The third-order valence-electron chi connectivity index (χ3n) is 3.19. The predicted molar refractivity (Wildman–Crippen MR) is 52.4 cm³/mol. The van der Waals surface area contributed by atoms with Gasteiger partial charge in [-0.15, -0.1) is 0 Å². The topological polar surface area (TPSA) is 46.2 Å². The zero-order chi connectivity index (χ0) is 9.47. The van der Waals surface area contributed by atoms with E-state index in [-0.39, 0.29) is 11.3 Å². The molecular formula is C9H17NO2S. The number of rotatable bonds is 1. The van der Waals surface area contributed by atoms with Crippen LogP contribution in [0.1, 0.15) is 26.2 Å². The van der Waals surface area contributed by atoms with Crippen molar-refractivity contribution in [1.82, 2.24) is 5.32 Å². The van der Waals surface area contributed by atoms with Gasteiger partial charge < -0.3 is 5.32 Å². The minimum atomic E-state index is -2.81. The van der Waals surface area contributed by atoms with E-state index in [4.69, 9.17) is 0 Å². The smallest absolute Gasteiger partial charge is 0.154 e. The monoisotopic (exact) mass is 203 g/mol. The van der Waals surface area contributed by atoms with Gasteiger partial charge in [0.15, 0.2) is 9.84 Å². The molecule has 2 rings (SSSR count). The van der Waals surface area contributed by atoms with Crippen molar-refractivity contribution in [2.75, 3.05) is 12.3 Å². The Morgan fingerprint density at radius 2 is 2.00 bits per heavy atom. The zero-order valence-electron chi connectivity index (χ0n) is 7.99. The molecule has 2 unspecified atom stereocenters. The van der Waals surface area contributed by atoms with Gasteiger partial charge in [0.25, 0.3) is 0 Å². The fourth-order valence-electron chi connectivity index (χ4n) is 2.12. The molecule has 1 aliphatic carbocycles. The summed E-state index contributed by atoms with van der Waals surface area (Å²) in [5, 5.41) is 3.19. The van der Waals surface area contributed by atoms with Crippen molar-refractivity contribution >= 4 is 9.84 Å². The molecule has 1 saturated heterocycles. The minimum Gasteiger partial charge on any atom is -0.312 e. The summed E-state index contributed by atoms with van der Waals surface area (Å²) in [7, 11) is -2.81. The van der Waals surface area contributed by atoms with E-state index < -0.39 is 9.84 Å². The molecule has 0 aromatic rings. The molecule has 0 aromatic heterocycles. The van der Waals surface area contributed by atoms with Crippen LogP contribution in [0.15, 0.2) is 0 Å². The van der Waals surface area contributed by atoms with Crippen molar-refractivity contribution in [3.05, 3.63) is 0 Å². The molecule has 1 N–H and O–H groups in total. The maximum absolute atomic E-state index is 11.7. The van der Waals surface area contributed by atoms with E-state index >= 15 is 0 Å². The minimum absolute atomic E-state index is 0.178. The van der Waals surface area contributed by atoms with Crippen LogP contribution in [0.25, 0.3) is 0 Å². The van der Waals surface area contributed by atoms with Crippen molar-refractivity contribution in [3.63, 3.8) is 0 Å². The molecule has 2 aliphatic rings. The molecule has 1 saturated carbocycles. The molecule has 2 fully saturated rings. The number of sulfone groups is 1. The molecule has 0 aromatic carbocycles. The molecule has 0 amide bonds. The summed E-state index contributed by atoms with van der Waals surface area (Å²) in [6.07, 6.45) is 3.19. The van der Waals surface area contributed by atoms with Crippen molar-refractivity contribution in [2.45, 2.75) is 37.5 Å². The number of nitrogens with one attached hydrogen (secondary N) is 1. The first-order valence-corrected chi connectivity index (χ1v) is 6.78. The summed E-state index contributed by atoms with van der Waals surface area (Å²) in [6, 6.07) is 0.229. The van der Waals surface area contributed by atoms with E-state index in [0.717, 1.165) is 13.0 Å². The van der Waals surface area contributed by atoms with Crippen LogP contribution in [-0.4, -0.2) is 32.0 Å².